The number of fused-ring (bicyclic) bond motifs is 8. The molecule has 1 aliphatic rings. The fourth-order valence-corrected chi connectivity index (χ4v) is 11.8. The standard InChI is InChI=1S/C80H100N4O4/c1-9-13-17-37-85-77-65-41-67-47-74(82-54-62-31-23-58(6)24-32-62)49-69(78(67)86-38-18-14-10-2)43-71-51-76(84-56-64-35-27-60(8)28-36-64)52-72(80(71)88-40-20-16-12-4)44-70-50-75(83-55-63-33-25-59(7)26-34-63)48-68(79(70)87-39-19-15-11-3)42-66(77)46-73(45-65)81-53-61-29-21-57(5)22-30-61/h21-36,45-52,81-84H,9-20,37-44,53-56H2,1-8H3. The van der Waals surface area contributed by atoms with E-state index < -0.39 is 0 Å². The van der Waals surface area contributed by atoms with E-state index in [1.165, 1.54) is 44.5 Å². The van der Waals surface area contributed by atoms with Crippen LogP contribution in [0.1, 0.15) is 194 Å². The summed E-state index contributed by atoms with van der Waals surface area (Å²) in [5.74, 6) is 3.76. The lowest BCUT2D eigenvalue weighted by atomic mass is 9.90. The predicted octanol–water partition coefficient (Wildman–Crippen LogP) is 20.3. The van der Waals surface area contributed by atoms with Crippen molar-refractivity contribution in [1.29, 1.82) is 0 Å². The zero-order valence-electron chi connectivity index (χ0n) is 54.5. The largest absolute Gasteiger partial charge is 0.493 e. The Morgan fingerprint density at radius 3 is 0.614 bits per heavy atom. The van der Waals surface area contributed by atoms with Crippen molar-refractivity contribution in [2.24, 2.45) is 0 Å². The molecule has 0 fully saturated rings. The lowest BCUT2D eigenvalue weighted by molar-refractivity contribution is 0.294. The zero-order valence-corrected chi connectivity index (χ0v) is 54.5. The molecule has 0 aromatic heterocycles. The summed E-state index contributed by atoms with van der Waals surface area (Å²) in [5, 5.41) is 15.7. The molecule has 8 heteroatoms. The molecule has 4 N–H and O–H groups in total. The van der Waals surface area contributed by atoms with Gasteiger partial charge in [0.15, 0.2) is 0 Å². The van der Waals surface area contributed by atoms with Crippen LogP contribution in [0.3, 0.4) is 0 Å². The number of benzene rings is 8. The number of ether oxygens (including phenoxy) is 4. The maximum Gasteiger partial charge on any atom is 0.126 e. The molecule has 1 aliphatic carbocycles. The summed E-state index contributed by atoms with van der Waals surface area (Å²) in [6.45, 7) is 22.9. The van der Waals surface area contributed by atoms with Gasteiger partial charge in [-0.15, -0.1) is 0 Å². The van der Waals surface area contributed by atoms with Gasteiger partial charge in [-0.1, -0.05) is 198 Å². The number of hydrogen-bond donors (Lipinski definition) is 4. The van der Waals surface area contributed by atoms with Crippen molar-refractivity contribution >= 4 is 22.7 Å². The van der Waals surface area contributed by atoms with Crippen LogP contribution in [0.25, 0.3) is 0 Å². The summed E-state index contributed by atoms with van der Waals surface area (Å²) >= 11 is 0. The fourth-order valence-electron chi connectivity index (χ4n) is 11.8. The van der Waals surface area contributed by atoms with Gasteiger partial charge in [-0.2, -0.15) is 0 Å². The molecule has 0 aliphatic heterocycles. The third-order valence-corrected chi connectivity index (χ3v) is 16.9. The molecule has 0 radical (unpaired) electrons. The average Bonchev–Trinajstić information content (AvgIpc) is 1.40. The quantitative estimate of drug-likeness (QED) is 0.0311. The van der Waals surface area contributed by atoms with Gasteiger partial charge < -0.3 is 40.2 Å². The normalized spacial score (nSPS) is 11.9. The van der Waals surface area contributed by atoms with Gasteiger partial charge in [0, 0.05) is 119 Å². The molecule has 0 unspecified atom stereocenters. The molecule has 0 heterocycles. The summed E-state index contributed by atoms with van der Waals surface area (Å²) < 4.78 is 29.2. The summed E-state index contributed by atoms with van der Waals surface area (Å²) in [6.07, 6.45) is 15.0. The first-order valence-electron chi connectivity index (χ1n) is 33.4. The number of anilines is 4. The van der Waals surface area contributed by atoms with Crippen LogP contribution in [-0.2, 0) is 51.9 Å². The fraction of sp³-hybridized carbons (Fsp3) is 0.400. The van der Waals surface area contributed by atoms with Crippen molar-refractivity contribution in [3.8, 4) is 23.0 Å². The lowest BCUT2D eigenvalue weighted by Gasteiger charge is -2.25. The Bertz CT molecular complexity index is 2890. The Labute approximate surface area is 528 Å². The predicted molar refractivity (Wildman–Crippen MR) is 371 cm³/mol. The number of hydrogen-bond acceptors (Lipinski definition) is 8. The molecule has 0 amide bonds. The maximum absolute atomic E-state index is 7.30. The summed E-state index contributed by atoms with van der Waals surface area (Å²) in [4.78, 5) is 0. The highest BCUT2D eigenvalue weighted by Gasteiger charge is 2.25. The van der Waals surface area contributed by atoms with Crippen LogP contribution in [0.5, 0.6) is 23.0 Å². The van der Waals surface area contributed by atoms with E-state index in [1.807, 2.05) is 0 Å². The molecular formula is C80H100N4O4. The van der Waals surface area contributed by atoms with Gasteiger partial charge in [0.25, 0.3) is 0 Å². The van der Waals surface area contributed by atoms with Gasteiger partial charge in [0.05, 0.1) is 26.4 Å². The van der Waals surface area contributed by atoms with E-state index in [1.54, 1.807) is 0 Å². The van der Waals surface area contributed by atoms with Gasteiger partial charge in [0.2, 0.25) is 0 Å². The number of unbranched alkanes of at least 4 members (excludes halogenated alkanes) is 8. The molecule has 9 rings (SSSR count). The summed E-state index contributed by atoms with van der Waals surface area (Å²) in [6, 6.07) is 54.3. The third kappa shape index (κ3) is 19.1. The highest BCUT2D eigenvalue weighted by molar-refractivity contribution is 5.67. The molecule has 0 saturated heterocycles. The first kappa shape index (κ1) is 64.6. The SMILES string of the molecule is CCCCCOc1c2cc(NCc3ccc(C)cc3)cc1Cc1cc(NCc3ccc(C)cc3)cc(c1OCCCCC)Cc1cc(NCc3ccc(C)cc3)cc(c1OCCCCC)Cc1cc(NCc3ccc(C)cc3)cc(c1OCCCCC)C2. The first-order chi connectivity index (χ1) is 43.0. The van der Waals surface area contributed by atoms with Crippen LogP contribution < -0.4 is 40.2 Å². The Balaban J connectivity index is 1.31. The highest BCUT2D eigenvalue weighted by atomic mass is 16.5. The monoisotopic (exact) mass is 1180 g/mol. The van der Waals surface area contributed by atoms with Crippen molar-refractivity contribution in [2.45, 2.75) is 184 Å². The van der Waals surface area contributed by atoms with E-state index >= 15 is 0 Å². The minimum absolute atomic E-state index is 0.583. The number of rotatable bonds is 32. The minimum Gasteiger partial charge on any atom is -0.493 e. The molecule has 8 bridgehead atoms. The van der Waals surface area contributed by atoms with Crippen LogP contribution in [0.2, 0.25) is 0 Å². The van der Waals surface area contributed by atoms with E-state index in [0.29, 0.717) is 78.3 Å². The van der Waals surface area contributed by atoms with Crippen LogP contribution >= 0.6 is 0 Å². The van der Waals surface area contributed by atoms with E-state index in [0.717, 1.165) is 167 Å². The van der Waals surface area contributed by atoms with E-state index in [2.05, 4.69) is 222 Å². The summed E-state index contributed by atoms with van der Waals surface area (Å²) in [5.41, 5.74) is 23.1. The van der Waals surface area contributed by atoms with Crippen molar-refractivity contribution in [3.05, 3.63) is 235 Å². The van der Waals surface area contributed by atoms with Crippen molar-refractivity contribution in [3.63, 3.8) is 0 Å². The number of aryl methyl sites for hydroxylation is 4. The van der Waals surface area contributed by atoms with Crippen LogP contribution in [-0.4, -0.2) is 26.4 Å². The Hall–Kier alpha value is -7.84. The maximum atomic E-state index is 7.30. The topological polar surface area (TPSA) is 85.0 Å². The Morgan fingerprint density at radius 1 is 0.261 bits per heavy atom. The van der Waals surface area contributed by atoms with E-state index in [9.17, 15) is 0 Å². The molecule has 8 nitrogen and oxygen atoms in total. The van der Waals surface area contributed by atoms with Gasteiger partial charge >= 0.3 is 0 Å². The van der Waals surface area contributed by atoms with E-state index in [-0.39, 0.29) is 0 Å². The number of nitrogens with one attached hydrogen (secondary N) is 4. The molecule has 8 aromatic carbocycles. The van der Waals surface area contributed by atoms with Gasteiger partial charge in [-0.05, 0) is 124 Å². The molecule has 88 heavy (non-hydrogen) atoms. The molecular weight excluding hydrogens is 1080 g/mol. The lowest BCUT2D eigenvalue weighted by Crippen LogP contribution is -2.13. The molecule has 0 spiro atoms. The third-order valence-electron chi connectivity index (χ3n) is 16.9. The van der Waals surface area contributed by atoms with Gasteiger partial charge in [-0.3, -0.25) is 0 Å². The second-order valence-corrected chi connectivity index (χ2v) is 24.8. The van der Waals surface area contributed by atoms with Crippen molar-refractivity contribution in [2.75, 3.05) is 47.7 Å². The molecule has 0 saturated carbocycles. The van der Waals surface area contributed by atoms with Crippen LogP contribution in [0.4, 0.5) is 22.7 Å². The second-order valence-electron chi connectivity index (χ2n) is 24.8. The van der Waals surface area contributed by atoms with Crippen LogP contribution in [0.15, 0.2) is 146 Å². The van der Waals surface area contributed by atoms with Crippen molar-refractivity contribution in [1.82, 2.24) is 0 Å². The zero-order chi connectivity index (χ0) is 61.5. The average molecular weight is 1180 g/mol. The van der Waals surface area contributed by atoms with Crippen molar-refractivity contribution < 1.29 is 18.9 Å². The highest BCUT2D eigenvalue weighted by Crippen LogP contribution is 2.43. The molecule has 464 valence electrons. The van der Waals surface area contributed by atoms with Crippen LogP contribution in [0, 0.1) is 27.7 Å². The Morgan fingerprint density at radius 2 is 0.443 bits per heavy atom. The smallest absolute Gasteiger partial charge is 0.126 e. The molecule has 8 aromatic rings. The van der Waals surface area contributed by atoms with Gasteiger partial charge in [-0.25, -0.2) is 0 Å². The minimum atomic E-state index is 0.583. The molecule has 0 atom stereocenters. The van der Waals surface area contributed by atoms with Gasteiger partial charge in [0.1, 0.15) is 23.0 Å². The van der Waals surface area contributed by atoms with E-state index in [4.69, 9.17) is 18.9 Å². The second kappa shape index (κ2) is 33.5. The first-order valence-corrected chi connectivity index (χ1v) is 33.4. The summed E-state index contributed by atoms with van der Waals surface area (Å²) in [7, 11) is 0. The Kier molecular flexibility index (Phi) is 24.6.